The van der Waals surface area contributed by atoms with Gasteiger partial charge < -0.3 is 20.6 Å². The number of nitrogens with zero attached hydrogens (tertiary/aromatic N) is 3. The summed E-state index contributed by atoms with van der Waals surface area (Å²) in [4.78, 5) is 57.9. The maximum Gasteiger partial charge on any atom is 0.409 e. The van der Waals surface area contributed by atoms with Crippen LogP contribution in [-0.4, -0.2) is 65.3 Å². The molecule has 0 spiro atoms. The zero-order valence-corrected chi connectivity index (χ0v) is 20.4. The average molecular weight is 501 g/mol. The molecule has 1 aliphatic rings. The Kier molecular flexibility index (Phi) is 8.90. The fraction of sp³-hybridized carbons (Fsp3) is 0.391. The third-order valence-electron chi connectivity index (χ3n) is 5.56. The predicted molar refractivity (Wildman–Crippen MR) is 132 cm³/mol. The molecule has 12 heteroatoms. The molecule has 0 atom stereocenters. The van der Waals surface area contributed by atoms with Gasteiger partial charge in [0.25, 0.3) is 5.91 Å². The number of aliphatic imine (C=N–C) groups is 1. The van der Waals surface area contributed by atoms with E-state index in [0.29, 0.717) is 60.2 Å². The molecule has 0 bridgehead atoms. The van der Waals surface area contributed by atoms with Crippen molar-refractivity contribution in [1.29, 1.82) is 0 Å². The number of anilines is 1. The minimum Gasteiger partial charge on any atom is -0.465 e. The van der Waals surface area contributed by atoms with Crippen LogP contribution in [0.3, 0.4) is 0 Å². The molecule has 186 valence electrons. The molecule has 0 radical (unpaired) electrons. The summed E-state index contributed by atoms with van der Waals surface area (Å²) in [6.07, 6.45) is 2.23. The Morgan fingerprint density at radius 1 is 1.17 bits per heavy atom. The third kappa shape index (κ3) is 7.34. The van der Waals surface area contributed by atoms with E-state index in [4.69, 9.17) is 5.11 Å². The first-order valence-corrected chi connectivity index (χ1v) is 12.0. The van der Waals surface area contributed by atoms with Crippen molar-refractivity contribution < 1.29 is 24.3 Å². The van der Waals surface area contributed by atoms with Gasteiger partial charge in [-0.3, -0.25) is 19.7 Å². The Balaban J connectivity index is 1.69. The van der Waals surface area contributed by atoms with Crippen molar-refractivity contribution in [2.75, 3.05) is 25.5 Å². The number of benzene rings is 1. The van der Waals surface area contributed by atoms with E-state index in [1.54, 1.807) is 24.1 Å². The van der Waals surface area contributed by atoms with Crippen molar-refractivity contribution in [1.82, 2.24) is 20.5 Å². The lowest BCUT2D eigenvalue weighted by Gasteiger charge is -2.31. The van der Waals surface area contributed by atoms with Crippen LogP contribution >= 0.6 is 11.3 Å². The maximum atomic E-state index is 13.3. The summed E-state index contributed by atoms with van der Waals surface area (Å²) in [5, 5.41) is 16.4. The van der Waals surface area contributed by atoms with E-state index >= 15 is 0 Å². The second-order valence-electron chi connectivity index (χ2n) is 8.03. The smallest absolute Gasteiger partial charge is 0.409 e. The molecule has 1 aliphatic heterocycles. The van der Waals surface area contributed by atoms with Crippen molar-refractivity contribution in [3.05, 3.63) is 40.4 Å². The average Bonchev–Trinajstić information content (AvgIpc) is 3.24. The second kappa shape index (κ2) is 12.1. The van der Waals surface area contributed by atoms with E-state index in [1.165, 1.54) is 6.92 Å². The molecule has 3 rings (SSSR count). The molecular formula is C23H28N6O5S. The van der Waals surface area contributed by atoms with Crippen LogP contribution in [0.4, 0.5) is 15.6 Å². The number of hydrogen-bond donors (Lipinski definition) is 4. The zero-order chi connectivity index (χ0) is 25.4. The molecule has 0 unspecified atom stereocenters. The summed E-state index contributed by atoms with van der Waals surface area (Å²) in [5.41, 5.74) is 2.21. The van der Waals surface area contributed by atoms with Gasteiger partial charge in [-0.25, -0.2) is 14.8 Å². The van der Waals surface area contributed by atoms with Gasteiger partial charge >= 0.3 is 6.09 Å². The molecular weight excluding hydrogens is 472 g/mol. The molecule has 2 heterocycles. The number of amides is 4. The molecule has 4 N–H and O–H groups in total. The molecule has 4 amide bonds. The Morgan fingerprint density at radius 3 is 2.46 bits per heavy atom. The lowest BCUT2D eigenvalue weighted by Crippen LogP contribution is -2.42. The first kappa shape index (κ1) is 25.8. The molecule has 0 saturated carbocycles. The van der Waals surface area contributed by atoms with Gasteiger partial charge in [-0.1, -0.05) is 23.5 Å². The van der Waals surface area contributed by atoms with Gasteiger partial charge in [-0.2, -0.15) is 0 Å². The minimum atomic E-state index is -1.19. The molecule has 2 aromatic rings. The quantitative estimate of drug-likeness (QED) is 0.323. The second-order valence-corrected chi connectivity index (χ2v) is 9.03. The van der Waals surface area contributed by atoms with E-state index < -0.39 is 6.09 Å². The Bertz CT molecular complexity index is 1110. The monoisotopic (exact) mass is 500 g/mol. The SMILES string of the molecule is CNC(=O)C1CCN(C(=O)c2sc(NC(C)=O)nc2CCc2ccc(N=CNC(=O)O)cc2)CC1. The number of carbonyl (C=O) groups excluding carboxylic acids is 3. The molecule has 1 saturated heterocycles. The number of thiazole rings is 1. The summed E-state index contributed by atoms with van der Waals surface area (Å²) in [6.45, 7) is 2.37. The van der Waals surface area contributed by atoms with Crippen LogP contribution in [0.1, 0.15) is 40.7 Å². The highest BCUT2D eigenvalue weighted by molar-refractivity contribution is 7.17. The number of aryl methyl sites for hydroxylation is 2. The van der Waals surface area contributed by atoms with Gasteiger partial charge in [-0.05, 0) is 43.4 Å². The molecule has 1 aromatic carbocycles. The van der Waals surface area contributed by atoms with Gasteiger partial charge in [-0.15, -0.1) is 0 Å². The molecule has 11 nitrogen and oxygen atoms in total. The number of carboxylic acid groups (broad SMARTS) is 1. The van der Waals surface area contributed by atoms with Crippen molar-refractivity contribution in [3.8, 4) is 0 Å². The van der Waals surface area contributed by atoms with Crippen LogP contribution in [0, 0.1) is 5.92 Å². The van der Waals surface area contributed by atoms with E-state index in [-0.39, 0.29) is 23.6 Å². The van der Waals surface area contributed by atoms with Crippen LogP contribution in [0.15, 0.2) is 29.3 Å². The lowest BCUT2D eigenvalue weighted by molar-refractivity contribution is -0.125. The van der Waals surface area contributed by atoms with E-state index in [0.717, 1.165) is 23.2 Å². The number of rotatable bonds is 8. The van der Waals surface area contributed by atoms with Crippen molar-refractivity contribution in [3.63, 3.8) is 0 Å². The Labute approximate surface area is 206 Å². The first-order chi connectivity index (χ1) is 16.8. The largest absolute Gasteiger partial charge is 0.465 e. The molecule has 35 heavy (non-hydrogen) atoms. The van der Waals surface area contributed by atoms with E-state index in [1.807, 2.05) is 12.1 Å². The highest BCUT2D eigenvalue weighted by Crippen LogP contribution is 2.28. The summed E-state index contributed by atoms with van der Waals surface area (Å²) < 4.78 is 0. The highest BCUT2D eigenvalue weighted by atomic mass is 32.1. The van der Waals surface area contributed by atoms with Gasteiger partial charge in [0.15, 0.2) is 5.13 Å². The number of nitrogens with one attached hydrogen (secondary N) is 3. The first-order valence-electron chi connectivity index (χ1n) is 11.2. The van der Waals surface area contributed by atoms with Gasteiger partial charge in [0.2, 0.25) is 11.8 Å². The summed E-state index contributed by atoms with van der Waals surface area (Å²) >= 11 is 1.16. The standard InChI is InChI=1S/C23H28N6O5S/c1-14(30)27-22-28-18(8-5-15-3-6-17(7-4-15)25-13-26-23(33)34)19(35-22)21(32)29-11-9-16(10-12-29)20(31)24-2/h3-4,6-7,13,16H,5,8-12H2,1-2H3,(H,24,31)(H,25,26)(H,33,34)(H,27,28,30). The van der Waals surface area contributed by atoms with Crippen molar-refractivity contribution in [2.24, 2.45) is 10.9 Å². The Morgan fingerprint density at radius 2 is 1.86 bits per heavy atom. The fourth-order valence-corrected chi connectivity index (χ4v) is 4.78. The van der Waals surface area contributed by atoms with Crippen LogP contribution in [0.2, 0.25) is 0 Å². The Hall–Kier alpha value is -3.80. The van der Waals surface area contributed by atoms with Gasteiger partial charge in [0.05, 0.1) is 17.7 Å². The number of piperidine rings is 1. The van der Waals surface area contributed by atoms with Crippen LogP contribution < -0.4 is 16.0 Å². The maximum absolute atomic E-state index is 13.3. The van der Waals surface area contributed by atoms with Crippen LogP contribution in [-0.2, 0) is 22.4 Å². The summed E-state index contributed by atoms with van der Waals surface area (Å²) in [5.74, 6) is -0.491. The van der Waals surface area contributed by atoms with Crippen molar-refractivity contribution in [2.45, 2.75) is 32.6 Å². The number of hydrogen-bond acceptors (Lipinski definition) is 7. The molecule has 0 aliphatic carbocycles. The number of carbonyl (C=O) groups is 4. The normalized spacial score (nSPS) is 14.1. The molecule has 1 aromatic heterocycles. The van der Waals surface area contributed by atoms with Crippen LogP contribution in [0.25, 0.3) is 0 Å². The minimum absolute atomic E-state index is 0.00150. The summed E-state index contributed by atoms with van der Waals surface area (Å²) in [7, 11) is 1.62. The predicted octanol–water partition coefficient (Wildman–Crippen LogP) is 2.41. The van der Waals surface area contributed by atoms with Crippen LogP contribution in [0.5, 0.6) is 0 Å². The number of likely N-dealkylation sites (tertiary alicyclic amines) is 1. The van der Waals surface area contributed by atoms with Crippen molar-refractivity contribution >= 4 is 52.3 Å². The third-order valence-corrected chi connectivity index (χ3v) is 6.56. The zero-order valence-electron chi connectivity index (χ0n) is 19.5. The number of aromatic nitrogens is 1. The van der Waals surface area contributed by atoms with Gasteiger partial charge in [0.1, 0.15) is 4.88 Å². The van der Waals surface area contributed by atoms with E-state index in [9.17, 15) is 19.2 Å². The topological polar surface area (TPSA) is 153 Å². The van der Waals surface area contributed by atoms with Gasteiger partial charge in [0, 0.05) is 33.0 Å². The summed E-state index contributed by atoms with van der Waals surface area (Å²) in [6, 6.07) is 7.28. The van der Waals surface area contributed by atoms with E-state index in [2.05, 4.69) is 25.9 Å². The fourth-order valence-electron chi connectivity index (χ4n) is 3.76. The lowest BCUT2D eigenvalue weighted by atomic mass is 9.96. The molecule has 1 fully saturated rings. The highest BCUT2D eigenvalue weighted by Gasteiger charge is 2.29.